The fourth-order valence-electron chi connectivity index (χ4n) is 7.11. The molecule has 0 saturated heterocycles. The van der Waals surface area contributed by atoms with Gasteiger partial charge in [-0.15, -0.1) is 0 Å². The van der Waals surface area contributed by atoms with Crippen LogP contribution < -0.4 is 14.8 Å². The first-order chi connectivity index (χ1) is 24.0. The third-order valence-corrected chi connectivity index (χ3v) is 10.4. The van der Waals surface area contributed by atoms with Crippen molar-refractivity contribution in [2.45, 2.75) is 50.7 Å². The Kier molecular flexibility index (Phi) is 10.5. The van der Waals surface area contributed by atoms with Crippen LogP contribution in [0.3, 0.4) is 0 Å². The van der Waals surface area contributed by atoms with E-state index < -0.39 is 0 Å². The van der Waals surface area contributed by atoms with Crippen LogP contribution in [0.2, 0.25) is 0 Å². The van der Waals surface area contributed by atoms with Crippen LogP contribution in [0, 0.1) is 3.70 Å². The lowest BCUT2D eigenvalue weighted by Gasteiger charge is -2.34. The number of halogens is 1. The molecule has 0 spiro atoms. The zero-order chi connectivity index (χ0) is 33.6. The molecule has 1 aromatic heterocycles. The van der Waals surface area contributed by atoms with Crippen LogP contribution in [0.1, 0.15) is 64.5 Å². The Balaban J connectivity index is 0.850. The summed E-state index contributed by atoms with van der Waals surface area (Å²) < 4.78 is 15.2. The molecule has 6 nitrogen and oxygen atoms in total. The summed E-state index contributed by atoms with van der Waals surface area (Å²) in [6.07, 6.45) is 4.07. The van der Waals surface area contributed by atoms with E-state index in [-0.39, 0.29) is 5.92 Å². The summed E-state index contributed by atoms with van der Waals surface area (Å²) in [5.74, 6) is 2.74. The molecule has 6 aromatic rings. The second kappa shape index (κ2) is 15.5. The van der Waals surface area contributed by atoms with Crippen molar-refractivity contribution in [3.8, 4) is 17.2 Å². The highest BCUT2D eigenvalue weighted by atomic mass is 127. The Morgan fingerprint density at radius 3 is 2.45 bits per heavy atom. The molecule has 0 bridgehead atoms. The third-order valence-electron chi connectivity index (χ3n) is 9.60. The first-order valence-electron chi connectivity index (χ1n) is 17.2. The van der Waals surface area contributed by atoms with Gasteiger partial charge in [-0.05, 0) is 131 Å². The molecule has 2 atom stereocenters. The minimum atomic E-state index is 0.244. The van der Waals surface area contributed by atoms with Crippen molar-refractivity contribution >= 4 is 33.5 Å². The molecule has 1 heterocycles. The highest BCUT2D eigenvalue weighted by molar-refractivity contribution is 14.1. The van der Waals surface area contributed by atoms with Crippen LogP contribution in [0.5, 0.6) is 17.2 Å². The number of aromatic hydroxyl groups is 1. The predicted octanol–water partition coefficient (Wildman–Crippen LogP) is 9.27. The Labute approximate surface area is 302 Å². The van der Waals surface area contributed by atoms with Crippen molar-refractivity contribution in [1.29, 1.82) is 0 Å². The number of fused-ring (bicyclic) bond motifs is 2. The molecule has 250 valence electrons. The van der Waals surface area contributed by atoms with E-state index in [0.29, 0.717) is 24.9 Å². The molecule has 0 amide bonds. The topological polar surface area (TPSA) is 68.5 Å². The van der Waals surface area contributed by atoms with Gasteiger partial charge in [0.05, 0.1) is 6.61 Å². The van der Waals surface area contributed by atoms with Gasteiger partial charge >= 0.3 is 0 Å². The van der Waals surface area contributed by atoms with Crippen molar-refractivity contribution in [1.82, 2.24) is 15.1 Å². The maximum Gasteiger partial charge on any atom is 0.145 e. The van der Waals surface area contributed by atoms with Gasteiger partial charge in [-0.3, -0.25) is 4.68 Å². The lowest BCUT2D eigenvalue weighted by Crippen LogP contribution is -2.20. The molecular weight excluding hydrogens is 721 g/mol. The highest BCUT2D eigenvalue weighted by Crippen LogP contribution is 2.47. The SMILES string of the molecule is Cn1nc(I)c2cccc(OCc3ccc(CNCCCCOc4ccc([C@@H]5c6ccc(O)cc6CC[C@@H]5c5ccccc5)cc4)cc3)c21. The Hall–Kier alpha value is -4.34. The summed E-state index contributed by atoms with van der Waals surface area (Å²) in [6.45, 7) is 2.99. The Bertz CT molecular complexity index is 1990. The molecule has 1 aliphatic rings. The van der Waals surface area contributed by atoms with Gasteiger partial charge in [0, 0.05) is 24.9 Å². The number of nitrogens with zero attached hydrogens (tertiary/aromatic N) is 2. The number of unbranched alkanes of at least 4 members (excludes halogenated alkanes) is 1. The number of para-hydroxylation sites is 1. The zero-order valence-electron chi connectivity index (χ0n) is 27.8. The van der Waals surface area contributed by atoms with E-state index in [4.69, 9.17) is 9.47 Å². The molecule has 7 rings (SSSR count). The van der Waals surface area contributed by atoms with Crippen LogP contribution >= 0.6 is 22.6 Å². The number of hydrogen-bond acceptors (Lipinski definition) is 5. The molecule has 0 unspecified atom stereocenters. The van der Waals surface area contributed by atoms with E-state index in [2.05, 4.69) is 124 Å². The van der Waals surface area contributed by atoms with E-state index in [1.807, 2.05) is 36.0 Å². The van der Waals surface area contributed by atoms with Gasteiger partial charge in [-0.2, -0.15) is 5.10 Å². The fraction of sp³-hybridized carbons (Fsp3) is 0.262. The predicted molar refractivity (Wildman–Crippen MR) is 205 cm³/mol. The van der Waals surface area contributed by atoms with Crippen molar-refractivity contribution in [3.63, 3.8) is 0 Å². The van der Waals surface area contributed by atoms with Crippen LogP contribution in [0.15, 0.2) is 115 Å². The number of ether oxygens (including phenoxy) is 2. The van der Waals surface area contributed by atoms with E-state index in [1.165, 1.54) is 27.8 Å². The number of hydrogen-bond donors (Lipinski definition) is 2. The normalized spacial score (nSPS) is 15.6. The van der Waals surface area contributed by atoms with Gasteiger partial charge in [0.15, 0.2) is 0 Å². The molecule has 0 saturated carbocycles. The van der Waals surface area contributed by atoms with E-state index in [9.17, 15) is 5.11 Å². The summed E-state index contributed by atoms with van der Waals surface area (Å²) in [5.41, 5.74) is 8.64. The largest absolute Gasteiger partial charge is 0.508 e. The smallest absolute Gasteiger partial charge is 0.145 e. The quantitative estimate of drug-likeness (QED) is 0.0908. The standard InChI is InChI=1S/C42H42IN3O3/c1-46-41-38(42(43)45-46)10-7-11-39(41)49-28-30-14-12-29(13-15-30)27-44-24-5-6-25-48-35-20-16-32(17-21-35)40-36(31-8-3-2-4-9-31)22-18-33-26-34(47)19-23-37(33)40/h2-4,7-17,19-21,23,26,36,40,44,47H,5-6,18,22,24-25,27-28H2,1H3/t36-,40+/m1/s1. The van der Waals surface area contributed by atoms with Crippen LogP contribution in [0.4, 0.5) is 0 Å². The number of aromatic nitrogens is 2. The van der Waals surface area contributed by atoms with Crippen LogP contribution in [-0.2, 0) is 26.6 Å². The Morgan fingerprint density at radius 2 is 1.63 bits per heavy atom. The fourth-order valence-corrected chi connectivity index (χ4v) is 7.87. The monoisotopic (exact) mass is 763 g/mol. The van der Waals surface area contributed by atoms with E-state index in [0.717, 1.165) is 70.4 Å². The lowest BCUT2D eigenvalue weighted by molar-refractivity contribution is 0.305. The van der Waals surface area contributed by atoms with E-state index >= 15 is 0 Å². The first kappa shape index (κ1) is 33.2. The molecule has 0 aliphatic heterocycles. The molecule has 0 radical (unpaired) electrons. The summed E-state index contributed by atoms with van der Waals surface area (Å²) in [7, 11) is 1.96. The number of phenols is 1. The number of rotatable bonds is 13. The lowest BCUT2D eigenvalue weighted by atomic mass is 9.69. The maximum absolute atomic E-state index is 10.1. The second-order valence-corrected chi connectivity index (χ2v) is 13.9. The van der Waals surface area contributed by atoms with Gasteiger partial charge in [0.2, 0.25) is 0 Å². The molecule has 0 fully saturated rings. The minimum Gasteiger partial charge on any atom is -0.508 e. The molecule has 2 N–H and O–H groups in total. The van der Waals surface area contributed by atoms with Crippen molar-refractivity contribution in [2.24, 2.45) is 7.05 Å². The molecule has 5 aromatic carbocycles. The molecular formula is C42H42IN3O3. The average molecular weight is 764 g/mol. The van der Waals surface area contributed by atoms with Crippen LogP contribution in [-0.4, -0.2) is 28.0 Å². The number of phenolic OH excluding ortho intramolecular Hbond substituents is 1. The second-order valence-electron chi connectivity index (χ2n) is 12.9. The van der Waals surface area contributed by atoms with Gasteiger partial charge in [0.1, 0.15) is 33.1 Å². The molecule has 49 heavy (non-hydrogen) atoms. The summed E-state index contributed by atoms with van der Waals surface area (Å²) >= 11 is 2.27. The van der Waals surface area contributed by atoms with Crippen molar-refractivity contribution < 1.29 is 14.6 Å². The first-order valence-corrected chi connectivity index (χ1v) is 18.2. The zero-order valence-corrected chi connectivity index (χ0v) is 30.0. The van der Waals surface area contributed by atoms with Crippen LogP contribution in [0.25, 0.3) is 10.9 Å². The van der Waals surface area contributed by atoms with Gasteiger partial charge < -0.3 is 19.9 Å². The Morgan fingerprint density at radius 1 is 0.837 bits per heavy atom. The number of aryl methyl sites for hydroxylation is 2. The summed E-state index contributed by atoms with van der Waals surface area (Å²) in [6, 6.07) is 40.1. The van der Waals surface area contributed by atoms with Crippen molar-refractivity contribution in [2.75, 3.05) is 13.2 Å². The molecule has 7 heteroatoms. The highest BCUT2D eigenvalue weighted by Gasteiger charge is 2.32. The summed E-state index contributed by atoms with van der Waals surface area (Å²) in [4.78, 5) is 0. The van der Waals surface area contributed by atoms with Crippen molar-refractivity contribution in [3.05, 3.63) is 152 Å². The minimum absolute atomic E-state index is 0.244. The van der Waals surface area contributed by atoms with Gasteiger partial charge in [0.25, 0.3) is 0 Å². The number of benzene rings is 5. The molecule has 1 aliphatic carbocycles. The number of nitrogens with one attached hydrogen (secondary N) is 1. The van der Waals surface area contributed by atoms with E-state index in [1.54, 1.807) is 0 Å². The van der Waals surface area contributed by atoms with Gasteiger partial charge in [-0.1, -0.05) is 78.9 Å². The maximum atomic E-state index is 10.1. The third kappa shape index (κ3) is 7.78. The van der Waals surface area contributed by atoms with Gasteiger partial charge in [-0.25, -0.2) is 0 Å². The summed E-state index contributed by atoms with van der Waals surface area (Å²) in [5, 5.41) is 19.3. The average Bonchev–Trinajstić information content (AvgIpc) is 3.44.